The molecule has 2 aliphatic rings. The predicted octanol–water partition coefficient (Wildman–Crippen LogP) is 4.51. The van der Waals surface area contributed by atoms with E-state index in [1.807, 2.05) is 0 Å². The molecule has 0 radical (unpaired) electrons. The molecule has 7 heteroatoms. The molecule has 2 aromatic carbocycles. The molecule has 0 aliphatic carbocycles. The topological polar surface area (TPSA) is 69.7 Å². The number of sulfone groups is 1. The van der Waals surface area contributed by atoms with E-state index < -0.39 is 9.84 Å². The van der Waals surface area contributed by atoms with Crippen LogP contribution in [0.2, 0.25) is 0 Å². The average molecular weight is 540 g/mol. The van der Waals surface area contributed by atoms with Crippen molar-refractivity contribution in [3.63, 3.8) is 0 Å². The number of likely N-dealkylation sites (N-methyl/N-ethyl adjacent to an activating group) is 1. The van der Waals surface area contributed by atoms with E-state index in [-0.39, 0.29) is 11.9 Å². The van der Waals surface area contributed by atoms with Crippen LogP contribution in [-0.2, 0) is 21.1 Å². The second kappa shape index (κ2) is 13.7. The lowest BCUT2D eigenvalue weighted by Gasteiger charge is -2.33. The number of amides is 1. The van der Waals surface area contributed by atoms with Gasteiger partial charge in [-0.1, -0.05) is 42.5 Å². The maximum atomic E-state index is 13.3. The molecular weight excluding hydrogens is 494 g/mol. The molecule has 208 valence electrons. The largest absolute Gasteiger partial charge is 0.340 e. The lowest BCUT2D eigenvalue weighted by Crippen LogP contribution is -2.41. The lowest BCUT2D eigenvalue weighted by molar-refractivity contribution is -0.132. The van der Waals surface area contributed by atoms with Gasteiger partial charge in [0.1, 0.15) is 0 Å². The molecule has 2 aliphatic heterocycles. The van der Waals surface area contributed by atoms with E-state index in [9.17, 15) is 13.2 Å². The Morgan fingerprint density at radius 1 is 1.00 bits per heavy atom. The Kier molecular flexibility index (Phi) is 10.4. The molecule has 0 aromatic heterocycles. The minimum atomic E-state index is -3.23. The van der Waals surface area contributed by atoms with Crippen LogP contribution in [0.3, 0.4) is 0 Å². The van der Waals surface area contributed by atoms with Crippen molar-refractivity contribution in [1.29, 1.82) is 0 Å². The number of rotatable bonds is 10. The maximum Gasteiger partial charge on any atom is 0.227 e. The predicted molar refractivity (Wildman–Crippen MR) is 154 cm³/mol. The lowest BCUT2D eigenvalue weighted by atomic mass is 9.78. The molecule has 6 nitrogen and oxygen atoms in total. The van der Waals surface area contributed by atoms with Gasteiger partial charge >= 0.3 is 0 Å². The summed E-state index contributed by atoms with van der Waals surface area (Å²) in [4.78, 5) is 18.2. The van der Waals surface area contributed by atoms with Gasteiger partial charge in [-0.05, 0) is 107 Å². The van der Waals surface area contributed by atoms with Crippen LogP contribution in [0.5, 0.6) is 0 Å². The number of nitrogens with zero attached hydrogens (tertiary/aromatic N) is 2. The van der Waals surface area contributed by atoms with E-state index in [1.165, 1.54) is 31.1 Å². The summed E-state index contributed by atoms with van der Waals surface area (Å²) in [6.07, 6.45) is 8.39. The zero-order valence-electron chi connectivity index (χ0n) is 23.1. The first-order valence-corrected chi connectivity index (χ1v) is 16.3. The van der Waals surface area contributed by atoms with Crippen molar-refractivity contribution in [2.45, 2.75) is 68.7 Å². The SMILES string of the molecule is CCN(C(=O)Cc1ccc(S(C)(=O)=O)cc1)C1CCCN(CCC(c2ccccc2)C2CCNCC2)CC1. The molecule has 2 atom stereocenters. The van der Waals surface area contributed by atoms with Crippen LogP contribution in [0, 0.1) is 5.92 Å². The molecule has 0 spiro atoms. The Balaban J connectivity index is 1.32. The molecular formula is C31H45N3O3S. The van der Waals surface area contributed by atoms with E-state index in [1.54, 1.807) is 24.3 Å². The van der Waals surface area contributed by atoms with Crippen LogP contribution in [0.25, 0.3) is 0 Å². The van der Waals surface area contributed by atoms with Crippen LogP contribution in [0.1, 0.15) is 62.5 Å². The highest BCUT2D eigenvalue weighted by Crippen LogP contribution is 2.34. The molecule has 1 N–H and O–H groups in total. The van der Waals surface area contributed by atoms with Crippen molar-refractivity contribution in [2.75, 3.05) is 45.5 Å². The number of benzene rings is 2. The summed E-state index contributed by atoms with van der Waals surface area (Å²) in [5.74, 6) is 1.49. The van der Waals surface area contributed by atoms with Crippen LogP contribution >= 0.6 is 0 Å². The van der Waals surface area contributed by atoms with Crippen LogP contribution in [-0.4, -0.2) is 75.7 Å². The van der Waals surface area contributed by atoms with Crippen molar-refractivity contribution in [3.8, 4) is 0 Å². The molecule has 2 saturated heterocycles. The molecule has 0 saturated carbocycles. The van der Waals surface area contributed by atoms with Gasteiger partial charge in [-0.2, -0.15) is 0 Å². The Morgan fingerprint density at radius 2 is 1.71 bits per heavy atom. The fourth-order valence-corrected chi connectivity index (χ4v) is 7.02. The van der Waals surface area contributed by atoms with Gasteiger partial charge in [-0.3, -0.25) is 4.79 Å². The van der Waals surface area contributed by atoms with Crippen LogP contribution in [0.4, 0.5) is 0 Å². The van der Waals surface area contributed by atoms with Gasteiger partial charge in [-0.15, -0.1) is 0 Å². The highest BCUT2D eigenvalue weighted by Gasteiger charge is 2.28. The quantitative estimate of drug-likeness (QED) is 0.481. The fraction of sp³-hybridized carbons (Fsp3) is 0.581. The summed E-state index contributed by atoms with van der Waals surface area (Å²) in [6.45, 7) is 8.27. The Morgan fingerprint density at radius 3 is 2.37 bits per heavy atom. The zero-order chi connectivity index (χ0) is 27.0. The number of carbonyl (C=O) groups is 1. The van der Waals surface area contributed by atoms with Crippen molar-refractivity contribution in [3.05, 3.63) is 65.7 Å². The molecule has 2 unspecified atom stereocenters. The molecule has 2 aromatic rings. The summed E-state index contributed by atoms with van der Waals surface area (Å²) in [7, 11) is -3.23. The summed E-state index contributed by atoms with van der Waals surface area (Å²) in [5.41, 5.74) is 2.35. The van der Waals surface area contributed by atoms with Gasteiger partial charge in [0.2, 0.25) is 5.91 Å². The van der Waals surface area contributed by atoms with Gasteiger partial charge in [0.05, 0.1) is 11.3 Å². The van der Waals surface area contributed by atoms with Gasteiger partial charge in [-0.25, -0.2) is 8.42 Å². The standard InChI is InChI=1S/C31H45N3O3S/c1-3-34(31(35)24-25-11-13-29(14-12-25)38(2,36)37)28-10-7-21-33(22-17-28)23-18-30(26-8-5-4-6-9-26)27-15-19-32-20-16-27/h4-6,8-9,11-14,27-28,30,32H,3,7,10,15-24H2,1-2H3. The molecule has 2 heterocycles. The smallest absolute Gasteiger partial charge is 0.227 e. The second-order valence-electron chi connectivity index (χ2n) is 11.1. The monoisotopic (exact) mass is 539 g/mol. The van der Waals surface area contributed by atoms with Crippen molar-refractivity contribution >= 4 is 15.7 Å². The van der Waals surface area contributed by atoms with Crippen molar-refractivity contribution in [1.82, 2.24) is 15.1 Å². The van der Waals surface area contributed by atoms with Gasteiger partial charge in [0.15, 0.2) is 9.84 Å². The van der Waals surface area contributed by atoms with Crippen LogP contribution in [0.15, 0.2) is 59.5 Å². The normalized spacial score (nSPS) is 20.5. The molecule has 38 heavy (non-hydrogen) atoms. The van der Waals surface area contributed by atoms with E-state index >= 15 is 0 Å². The highest BCUT2D eigenvalue weighted by atomic mass is 32.2. The fourth-order valence-electron chi connectivity index (χ4n) is 6.39. The first-order valence-electron chi connectivity index (χ1n) is 14.4. The maximum absolute atomic E-state index is 13.3. The summed E-state index contributed by atoms with van der Waals surface area (Å²) < 4.78 is 23.5. The van der Waals surface area contributed by atoms with E-state index in [0.29, 0.717) is 23.8 Å². The number of carbonyl (C=O) groups excluding carboxylic acids is 1. The third-order valence-corrected chi connectivity index (χ3v) is 9.66. The van der Waals surface area contributed by atoms with Gasteiger partial charge in [0.25, 0.3) is 0 Å². The van der Waals surface area contributed by atoms with E-state index in [0.717, 1.165) is 63.5 Å². The first-order chi connectivity index (χ1) is 18.3. The van der Waals surface area contributed by atoms with Crippen LogP contribution < -0.4 is 5.32 Å². The highest BCUT2D eigenvalue weighted by molar-refractivity contribution is 7.90. The summed E-state index contributed by atoms with van der Waals surface area (Å²) in [6, 6.07) is 18.1. The summed E-state index contributed by atoms with van der Waals surface area (Å²) in [5, 5.41) is 3.52. The zero-order valence-corrected chi connectivity index (χ0v) is 24.0. The summed E-state index contributed by atoms with van der Waals surface area (Å²) >= 11 is 0. The van der Waals surface area contributed by atoms with E-state index in [2.05, 4.69) is 52.4 Å². The molecule has 0 bridgehead atoms. The molecule has 4 rings (SSSR count). The molecule has 2 fully saturated rings. The third-order valence-electron chi connectivity index (χ3n) is 8.54. The van der Waals surface area contributed by atoms with Gasteiger partial charge < -0.3 is 15.1 Å². The minimum Gasteiger partial charge on any atom is -0.340 e. The van der Waals surface area contributed by atoms with Gasteiger partial charge in [0, 0.05) is 25.4 Å². The Bertz CT molecular complexity index is 1110. The number of hydrogen-bond donors (Lipinski definition) is 1. The molecule has 1 amide bonds. The number of piperidine rings is 1. The number of hydrogen-bond acceptors (Lipinski definition) is 5. The third kappa shape index (κ3) is 7.90. The Labute approximate surface area is 229 Å². The van der Waals surface area contributed by atoms with Crippen molar-refractivity contribution < 1.29 is 13.2 Å². The minimum absolute atomic E-state index is 0.133. The van der Waals surface area contributed by atoms with E-state index in [4.69, 9.17) is 0 Å². The number of likely N-dealkylation sites (tertiary alicyclic amines) is 1. The average Bonchev–Trinajstić information content (AvgIpc) is 3.16. The van der Waals surface area contributed by atoms with Crippen molar-refractivity contribution in [2.24, 2.45) is 5.92 Å². The first kappa shape index (κ1) is 28.8. The second-order valence-corrected chi connectivity index (χ2v) is 13.1. The Hall–Kier alpha value is -2.22. The number of nitrogens with one attached hydrogen (secondary N) is 1.